The van der Waals surface area contributed by atoms with Crippen molar-refractivity contribution in [2.45, 2.75) is 20.8 Å². The number of hydrogen-bond donors (Lipinski definition) is 2. The van der Waals surface area contributed by atoms with Gasteiger partial charge < -0.3 is 10.6 Å². The van der Waals surface area contributed by atoms with Gasteiger partial charge in [0.05, 0.1) is 0 Å². The molecule has 82 valence electrons. The minimum absolute atomic E-state index is 0.906. The Morgan fingerprint density at radius 1 is 1.27 bits per heavy atom. The Kier molecular flexibility index (Phi) is 4.22. The van der Waals surface area contributed by atoms with Gasteiger partial charge in [0.25, 0.3) is 0 Å². The minimum Gasteiger partial charge on any atom is -0.385 e. The number of anilines is 1. The fourth-order valence-corrected chi connectivity index (χ4v) is 1.57. The fourth-order valence-electron chi connectivity index (χ4n) is 1.57. The van der Waals surface area contributed by atoms with Crippen LogP contribution in [0.5, 0.6) is 0 Å². The lowest BCUT2D eigenvalue weighted by Gasteiger charge is -2.13. The first kappa shape index (κ1) is 11.6. The topological polar surface area (TPSA) is 24.1 Å². The second-order valence-corrected chi connectivity index (χ2v) is 3.57. The van der Waals surface area contributed by atoms with E-state index in [0.29, 0.717) is 0 Å². The van der Waals surface area contributed by atoms with E-state index in [1.54, 1.807) is 0 Å². The summed E-state index contributed by atoms with van der Waals surface area (Å²) < 4.78 is 0. The van der Waals surface area contributed by atoms with Crippen molar-refractivity contribution in [1.29, 1.82) is 0 Å². The maximum atomic E-state index is 4.04. The van der Waals surface area contributed by atoms with Gasteiger partial charge in [0.2, 0.25) is 0 Å². The van der Waals surface area contributed by atoms with Crippen molar-refractivity contribution in [1.82, 2.24) is 5.32 Å². The molecule has 0 aliphatic heterocycles. The lowest BCUT2D eigenvalue weighted by molar-refractivity contribution is 0.940. The van der Waals surface area contributed by atoms with Crippen molar-refractivity contribution >= 4 is 11.4 Å². The molecule has 0 saturated heterocycles. The zero-order chi connectivity index (χ0) is 11.3. The van der Waals surface area contributed by atoms with Crippen LogP contribution >= 0.6 is 0 Å². The highest BCUT2D eigenvalue weighted by Crippen LogP contribution is 2.20. The molecule has 2 nitrogen and oxygen atoms in total. The molecule has 2 heteroatoms. The van der Waals surface area contributed by atoms with Crippen LogP contribution < -0.4 is 10.6 Å². The normalized spacial score (nSPS) is 9.80. The molecule has 0 radical (unpaired) electrons. The van der Waals surface area contributed by atoms with Crippen molar-refractivity contribution in [3.8, 4) is 0 Å². The summed E-state index contributed by atoms with van der Waals surface area (Å²) in [5.74, 6) is 0. The minimum atomic E-state index is 0.906. The molecule has 1 aromatic rings. The molecule has 0 saturated carbocycles. The van der Waals surface area contributed by atoms with Crippen LogP contribution in [0.4, 0.5) is 5.69 Å². The third-order valence-corrected chi connectivity index (χ3v) is 2.33. The third-order valence-electron chi connectivity index (χ3n) is 2.33. The lowest BCUT2D eigenvalue weighted by Crippen LogP contribution is -2.11. The Bertz CT molecular complexity index is 342. The smallest absolute Gasteiger partial charge is 0.0347 e. The molecule has 1 aromatic carbocycles. The molecule has 2 N–H and O–H groups in total. The van der Waals surface area contributed by atoms with Crippen molar-refractivity contribution in [3.05, 3.63) is 35.9 Å². The van der Waals surface area contributed by atoms with Gasteiger partial charge in [-0.25, -0.2) is 0 Å². The molecular formula is C13H20N2. The van der Waals surface area contributed by atoms with Gasteiger partial charge in [-0.1, -0.05) is 12.6 Å². The molecule has 15 heavy (non-hydrogen) atoms. The van der Waals surface area contributed by atoms with Crippen molar-refractivity contribution < 1.29 is 0 Å². The van der Waals surface area contributed by atoms with Gasteiger partial charge in [0.15, 0.2) is 0 Å². The van der Waals surface area contributed by atoms with Crippen molar-refractivity contribution in [2.75, 3.05) is 18.4 Å². The summed E-state index contributed by atoms with van der Waals surface area (Å²) in [6, 6.07) is 6.36. The molecule has 0 bridgehead atoms. The van der Waals surface area contributed by atoms with E-state index in [1.165, 1.54) is 11.1 Å². The molecule has 0 spiro atoms. The number of hydrogen-bond acceptors (Lipinski definition) is 2. The van der Waals surface area contributed by atoms with Gasteiger partial charge in [-0.2, -0.15) is 0 Å². The van der Waals surface area contributed by atoms with E-state index in [1.807, 2.05) is 0 Å². The van der Waals surface area contributed by atoms with Crippen LogP contribution in [0.25, 0.3) is 5.70 Å². The largest absolute Gasteiger partial charge is 0.385 e. The first-order valence-electron chi connectivity index (χ1n) is 5.46. The molecule has 0 heterocycles. The number of nitrogens with one attached hydrogen (secondary N) is 2. The Hall–Kier alpha value is -1.44. The SMILES string of the molecule is C=C(NCC)c1cc(NCC)ccc1C. The van der Waals surface area contributed by atoms with Crippen LogP contribution in [0.1, 0.15) is 25.0 Å². The van der Waals surface area contributed by atoms with E-state index < -0.39 is 0 Å². The maximum Gasteiger partial charge on any atom is 0.0347 e. The van der Waals surface area contributed by atoms with Gasteiger partial charge >= 0.3 is 0 Å². The first-order chi connectivity index (χ1) is 7.19. The van der Waals surface area contributed by atoms with E-state index in [4.69, 9.17) is 0 Å². The standard InChI is InChI=1S/C13H20N2/c1-5-14-11(4)13-9-12(15-6-2)8-7-10(13)3/h7-9,14-15H,4-6H2,1-3H3. The highest BCUT2D eigenvalue weighted by Gasteiger charge is 2.02. The van der Waals surface area contributed by atoms with Crippen LogP contribution in [0.15, 0.2) is 24.8 Å². The fraction of sp³-hybridized carbons (Fsp3) is 0.385. The molecule has 1 rings (SSSR count). The summed E-state index contributed by atoms with van der Waals surface area (Å²) in [7, 11) is 0. The molecular weight excluding hydrogens is 184 g/mol. The second kappa shape index (κ2) is 5.44. The average molecular weight is 204 g/mol. The molecule has 0 aliphatic rings. The first-order valence-corrected chi connectivity index (χ1v) is 5.46. The van der Waals surface area contributed by atoms with Crippen LogP contribution in [0, 0.1) is 6.92 Å². The number of rotatable bonds is 5. The summed E-state index contributed by atoms with van der Waals surface area (Å²) in [6.45, 7) is 12.2. The Labute approximate surface area is 92.4 Å². The number of aryl methyl sites for hydroxylation is 1. The quantitative estimate of drug-likeness (QED) is 0.770. The summed E-state index contributed by atoms with van der Waals surface area (Å²) >= 11 is 0. The number of benzene rings is 1. The zero-order valence-electron chi connectivity index (χ0n) is 9.85. The second-order valence-electron chi connectivity index (χ2n) is 3.57. The van der Waals surface area contributed by atoms with Crippen LogP contribution in [-0.4, -0.2) is 13.1 Å². The summed E-state index contributed by atoms with van der Waals surface area (Å²) in [4.78, 5) is 0. The van der Waals surface area contributed by atoms with Gasteiger partial charge in [-0.05, 0) is 38.5 Å². The molecule has 0 unspecified atom stereocenters. The molecule has 0 aliphatic carbocycles. The zero-order valence-corrected chi connectivity index (χ0v) is 9.85. The Morgan fingerprint density at radius 2 is 2.00 bits per heavy atom. The third kappa shape index (κ3) is 3.01. The van der Waals surface area contributed by atoms with E-state index in [-0.39, 0.29) is 0 Å². The van der Waals surface area contributed by atoms with Gasteiger partial charge in [0, 0.05) is 30.0 Å². The highest BCUT2D eigenvalue weighted by molar-refractivity contribution is 5.68. The van der Waals surface area contributed by atoms with Gasteiger partial charge in [-0.15, -0.1) is 0 Å². The Morgan fingerprint density at radius 3 is 2.60 bits per heavy atom. The maximum absolute atomic E-state index is 4.04. The van der Waals surface area contributed by atoms with E-state index in [9.17, 15) is 0 Å². The molecule has 0 amide bonds. The molecule has 0 aromatic heterocycles. The Balaban J connectivity index is 2.94. The monoisotopic (exact) mass is 204 g/mol. The highest BCUT2D eigenvalue weighted by atomic mass is 14.9. The van der Waals surface area contributed by atoms with Crippen LogP contribution in [0.3, 0.4) is 0 Å². The summed E-state index contributed by atoms with van der Waals surface area (Å²) in [6.07, 6.45) is 0. The molecule has 0 fully saturated rings. The average Bonchev–Trinajstić information content (AvgIpc) is 2.21. The van der Waals surface area contributed by atoms with E-state index in [2.05, 4.69) is 56.2 Å². The van der Waals surface area contributed by atoms with Gasteiger partial charge in [-0.3, -0.25) is 0 Å². The predicted octanol–water partition coefficient (Wildman–Crippen LogP) is 3.01. The summed E-state index contributed by atoms with van der Waals surface area (Å²) in [5, 5.41) is 6.55. The van der Waals surface area contributed by atoms with Crippen LogP contribution in [0.2, 0.25) is 0 Å². The van der Waals surface area contributed by atoms with E-state index in [0.717, 1.165) is 24.5 Å². The van der Waals surface area contributed by atoms with Crippen molar-refractivity contribution in [2.24, 2.45) is 0 Å². The predicted molar refractivity (Wildman–Crippen MR) is 68.1 cm³/mol. The van der Waals surface area contributed by atoms with E-state index >= 15 is 0 Å². The van der Waals surface area contributed by atoms with Gasteiger partial charge in [0.1, 0.15) is 0 Å². The molecule has 0 atom stereocenters. The van der Waals surface area contributed by atoms with Crippen LogP contribution in [-0.2, 0) is 0 Å². The summed E-state index contributed by atoms with van der Waals surface area (Å²) in [5.41, 5.74) is 4.59. The van der Waals surface area contributed by atoms with Crippen molar-refractivity contribution in [3.63, 3.8) is 0 Å². The lowest BCUT2D eigenvalue weighted by atomic mass is 10.1.